The fourth-order valence-corrected chi connectivity index (χ4v) is 4.03. The Morgan fingerprint density at radius 2 is 1.69 bits per heavy atom. The quantitative estimate of drug-likeness (QED) is 0.759. The van der Waals surface area contributed by atoms with Gasteiger partial charge >= 0.3 is 0 Å². The molecule has 2 aromatic rings. The summed E-state index contributed by atoms with van der Waals surface area (Å²) < 4.78 is 0. The molecule has 29 heavy (non-hydrogen) atoms. The number of carbonyl (C=O) groups excluding carboxylic acids is 2. The van der Waals surface area contributed by atoms with E-state index in [1.54, 1.807) is 4.90 Å². The summed E-state index contributed by atoms with van der Waals surface area (Å²) >= 11 is 0. The van der Waals surface area contributed by atoms with Crippen molar-refractivity contribution in [3.63, 3.8) is 0 Å². The molecule has 0 radical (unpaired) electrons. The van der Waals surface area contributed by atoms with Crippen LogP contribution in [0.25, 0.3) is 0 Å². The van der Waals surface area contributed by atoms with E-state index >= 15 is 0 Å². The zero-order valence-electron chi connectivity index (χ0n) is 17.6. The predicted octanol–water partition coefficient (Wildman–Crippen LogP) is 4.40. The van der Waals surface area contributed by atoms with Gasteiger partial charge in [-0.2, -0.15) is 0 Å². The number of hydrogen-bond acceptors (Lipinski definition) is 2. The molecule has 4 nitrogen and oxygen atoms in total. The van der Waals surface area contributed by atoms with Crippen molar-refractivity contribution in [1.29, 1.82) is 0 Å². The second-order valence-corrected chi connectivity index (χ2v) is 8.19. The average Bonchev–Trinajstić information content (AvgIpc) is 2.73. The largest absolute Gasteiger partial charge is 0.352 e. The number of aryl methyl sites for hydroxylation is 1. The summed E-state index contributed by atoms with van der Waals surface area (Å²) in [6.45, 7) is 4.32. The van der Waals surface area contributed by atoms with Gasteiger partial charge in [-0.3, -0.25) is 9.59 Å². The van der Waals surface area contributed by atoms with Gasteiger partial charge in [-0.05, 0) is 37.8 Å². The molecule has 1 atom stereocenters. The molecule has 0 unspecified atom stereocenters. The first-order valence-electron chi connectivity index (χ1n) is 10.7. The summed E-state index contributed by atoms with van der Waals surface area (Å²) in [5, 5.41) is 3.18. The maximum absolute atomic E-state index is 13.2. The van der Waals surface area contributed by atoms with Crippen molar-refractivity contribution < 1.29 is 9.59 Å². The number of hydrogen-bond donors (Lipinski definition) is 1. The highest BCUT2D eigenvalue weighted by Gasteiger charge is 2.28. The Hall–Kier alpha value is -2.62. The number of benzene rings is 2. The lowest BCUT2D eigenvalue weighted by Crippen LogP contribution is -2.50. The van der Waals surface area contributed by atoms with Gasteiger partial charge in [0, 0.05) is 12.6 Å². The van der Waals surface area contributed by atoms with E-state index in [1.165, 1.54) is 19.3 Å². The first-order valence-corrected chi connectivity index (χ1v) is 10.7. The van der Waals surface area contributed by atoms with Gasteiger partial charge in [0.05, 0.1) is 6.42 Å². The van der Waals surface area contributed by atoms with E-state index in [-0.39, 0.29) is 17.9 Å². The highest BCUT2D eigenvalue weighted by molar-refractivity contribution is 5.88. The standard InChI is InChI=1S/C25H32N2O2/c1-19-10-9-13-22(16-19)18-27(24(28)17-21-11-5-3-6-12-21)20(2)25(29)26-23-14-7-4-8-15-23/h3,5-6,9-13,16,20,23H,4,7-8,14-15,17-18H2,1-2H3,(H,26,29)/t20-/m1/s1. The Bertz CT molecular complexity index is 813. The number of nitrogens with zero attached hydrogens (tertiary/aromatic N) is 1. The maximum atomic E-state index is 13.2. The third-order valence-corrected chi connectivity index (χ3v) is 5.75. The van der Waals surface area contributed by atoms with Crippen LogP contribution in [-0.2, 0) is 22.6 Å². The van der Waals surface area contributed by atoms with E-state index in [2.05, 4.69) is 11.4 Å². The van der Waals surface area contributed by atoms with Crippen molar-refractivity contribution in [2.75, 3.05) is 0 Å². The zero-order valence-corrected chi connectivity index (χ0v) is 17.6. The van der Waals surface area contributed by atoms with Gasteiger partial charge in [0.1, 0.15) is 6.04 Å². The summed E-state index contributed by atoms with van der Waals surface area (Å²) in [7, 11) is 0. The molecule has 0 heterocycles. The molecular formula is C25H32N2O2. The van der Waals surface area contributed by atoms with Crippen LogP contribution < -0.4 is 5.32 Å². The minimum atomic E-state index is -0.506. The molecule has 1 N–H and O–H groups in total. The zero-order chi connectivity index (χ0) is 20.6. The molecule has 4 heteroatoms. The molecule has 2 amide bonds. The molecular weight excluding hydrogens is 360 g/mol. The second kappa shape index (κ2) is 10.2. The molecule has 0 saturated heterocycles. The maximum Gasteiger partial charge on any atom is 0.242 e. The predicted molar refractivity (Wildman–Crippen MR) is 116 cm³/mol. The van der Waals surface area contributed by atoms with Crippen LogP contribution in [0.15, 0.2) is 54.6 Å². The Balaban J connectivity index is 1.74. The van der Waals surface area contributed by atoms with E-state index in [0.29, 0.717) is 13.0 Å². The van der Waals surface area contributed by atoms with Gasteiger partial charge in [-0.25, -0.2) is 0 Å². The van der Waals surface area contributed by atoms with Crippen LogP contribution in [0.2, 0.25) is 0 Å². The normalized spacial score (nSPS) is 15.5. The monoisotopic (exact) mass is 392 g/mol. The first-order chi connectivity index (χ1) is 14.0. The Kier molecular flexibility index (Phi) is 7.45. The lowest BCUT2D eigenvalue weighted by molar-refractivity contribution is -0.140. The summed E-state index contributed by atoms with van der Waals surface area (Å²) in [5.41, 5.74) is 3.16. The van der Waals surface area contributed by atoms with E-state index < -0.39 is 6.04 Å². The minimum Gasteiger partial charge on any atom is -0.352 e. The molecule has 1 fully saturated rings. The van der Waals surface area contributed by atoms with E-state index in [4.69, 9.17) is 0 Å². The van der Waals surface area contributed by atoms with Crippen LogP contribution in [-0.4, -0.2) is 28.8 Å². The van der Waals surface area contributed by atoms with Crippen LogP contribution in [0.4, 0.5) is 0 Å². The minimum absolute atomic E-state index is 0.0241. The summed E-state index contributed by atoms with van der Waals surface area (Å²) in [5.74, 6) is -0.0741. The van der Waals surface area contributed by atoms with Crippen molar-refractivity contribution in [3.8, 4) is 0 Å². The first kappa shape index (κ1) is 21.1. The number of nitrogens with one attached hydrogen (secondary N) is 1. The van der Waals surface area contributed by atoms with E-state index in [1.807, 2.05) is 62.4 Å². The van der Waals surface area contributed by atoms with Crippen molar-refractivity contribution in [1.82, 2.24) is 10.2 Å². The van der Waals surface area contributed by atoms with Gasteiger partial charge in [0.2, 0.25) is 11.8 Å². The number of carbonyl (C=O) groups is 2. The summed E-state index contributed by atoms with van der Waals surface area (Å²) in [6, 6.07) is 17.6. The number of rotatable bonds is 7. The molecule has 154 valence electrons. The molecule has 0 aliphatic heterocycles. The van der Waals surface area contributed by atoms with Crippen LogP contribution in [0.1, 0.15) is 55.7 Å². The van der Waals surface area contributed by atoms with Crippen LogP contribution >= 0.6 is 0 Å². The van der Waals surface area contributed by atoms with Crippen molar-refractivity contribution in [3.05, 3.63) is 71.3 Å². The van der Waals surface area contributed by atoms with Gasteiger partial charge in [-0.15, -0.1) is 0 Å². The average molecular weight is 393 g/mol. The second-order valence-electron chi connectivity index (χ2n) is 8.19. The summed E-state index contributed by atoms with van der Waals surface area (Å²) in [4.78, 5) is 27.9. The lowest BCUT2D eigenvalue weighted by Gasteiger charge is -2.31. The van der Waals surface area contributed by atoms with E-state index in [0.717, 1.165) is 29.5 Å². The van der Waals surface area contributed by atoms with Crippen LogP contribution in [0.3, 0.4) is 0 Å². The van der Waals surface area contributed by atoms with Crippen molar-refractivity contribution in [2.45, 2.75) is 71.0 Å². The molecule has 1 saturated carbocycles. The molecule has 0 bridgehead atoms. The summed E-state index contributed by atoms with van der Waals surface area (Å²) in [6.07, 6.45) is 5.95. The highest BCUT2D eigenvalue weighted by atomic mass is 16.2. The van der Waals surface area contributed by atoms with Crippen molar-refractivity contribution in [2.24, 2.45) is 0 Å². The molecule has 3 rings (SSSR count). The third kappa shape index (κ3) is 6.18. The van der Waals surface area contributed by atoms with Crippen LogP contribution in [0, 0.1) is 6.92 Å². The molecule has 0 aromatic heterocycles. The molecule has 0 spiro atoms. The topological polar surface area (TPSA) is 49.4 Å². The van der Waals surface area contributed by atoms with Gasteiger partial charge in [-0.1, -0.05) is 79.4 Å². The SMILES string of the molecule is Cc1cccc(CN(C(=O)Cc2ccccc2)[C@H](C)C(=O)NC2CCCCC2)c1. The van der Waals surface area contributed by atoms with E-state index in [9.17, 15) is 9.59 Å². The third-order valence-electron chi connectivity index (χ3n) is 5.75. The highest BCUT2D eigenvalue weighted by Crippen LogP contribution is 2.19. The Morgan fingerprint density at radius 3 is 2.38 bits per heavy atom. The lowest BCUT2D eigenvalue weighted by atomic mass is 9.95. The molecule has 1 aliphatic rings. The van der Waals surface area contributed by atoms with Crippen molar-refractivity contribution >= 4 is 11.8 Å². The van der Waals surface area contributed by atoms with Gasteiger partial charge in [0.15, 0.2) is 0 Å². The van der Waals surface area contributed by atoms with Crippen LogP contribution in [0.5, 0.6) is 0 Å². The Labute approximate surface area is 174 Å². The van der Waals surface area contributed by atoms with Gasteiger partial charge in [0.25, 0.3) is 0 Å². The smallest absolute Gasteiger partial charge is 0.242 e. The van der Waals surface area contributed by atoms with Gasteiger partial charge < -0.3 is 10.2 Å². The molecule has 2 aromatic carbocycles. The fraction of sp³-hybridized carbons (Fsp3) is 0.440. The fourth-order valence-electron chi connectivity index (χ4n) is 4.03. The Morgan fingerprint density at radius 1 is 1.00 bits per heavy atom. The number of amides is 2. The molecule has 1 aliphatic carbocycles.